The van der Waals surface area contributed by atoms with E-state index in [2.05, 4.69) is 5.32 Å². The number of amides is 1. The summed E-state index contributed by atoms with van der Waals surface area (Å²) in [4.78, 5) is 22.7. The molecule has 0 unspecified atom stereocenters. The number of nitrogens with zero attached hydrogens (tertiary/aromatic N) is 1. The lowest BCUT2D eigenvalue weighted by atomic mass is 10.2. The van der Waals surface area contributed by atoms with Gasteiger partial charge in [-0.1, -0.05) is 6.07 Å². The molecule has 0 aliphatic rings. The van der Waals surface area contributed by atoms with E-state index in [0.29, 0.717) is 18.7 Å². The average Bonchev–Trinajstić information content (AvgIpc) is 2.47. The van der Waals surface area contributed by atoms with E-state index < -0.39 is 5.97 Å². The normalized spacial score (nSPS) is 10.1. The molecule has 0 radical (unpaired) electrons. The van der Waals surface area contributed by atoms with Crippen molar-refractivity contribution in [3.63, 3.8) is 0 Å². The van der Waals surface area contributed by atoms with Crippen LogP contribution in [0.1, 0.15) is 22.3 Å². The minimum absolute atomic E-state index is 0.148. The zero-order valence-corrected chi connectivity index (χ0v) is 11.7. The number of anilines is 1. The second kappa shape index (κ2) is 6.65. The summed E-state index contributed by atoms with van der Waals surface area (Å²) in [7, 11) is 0. The first-order valence-corrected chi connectivity index (χ1v) is 6.63. The Hall–Kier alpha value is -2.69. The van der Waals surface area contributed by atoms with E-state index in [0.717, 1.165) is 0 Å². The summed E-state index contributed by atoms with van der Waals surface area (Å²) in [5.41, 5.74) is 1.82. The van der Waals surface area contributed by atoms with Crippen LogP contribution < -0.4 is 9.88 Å². The number of rotatable bonds is 5. The third kappa shape index (κ3) is 4.42. The molecule has 1 aromatic heterocycles. The van der Waals surface area contributed by atoms with Gasteiger partial charge >= 0.3 is 5.97 Å². The number of aryl methyl sites for hydroxylation is 2. The molecule has 21 heavy (non-hydrogen) atoms. The van der Waals surface area contributed by atoms with Crippen molar-refractivity contribution in [1.82, 2.24) is 0 Å². The Bertz CT molecular complexity index is 651. The Morgan fingerprint density at radius 2 is 1.90 bits per heavy atom. The molecule has 0 spiro atoms. The number of carbonyl (C=O) groups excluding carboxylic acids is 1. The van der Waals surface area contributed by atoms with Crippen LogP contribution in [0.15, 0.2) is 48.8 Å². The molecule has 5 heteroatoms. The molecule has 1 heterocycles. The predicted molar refractivity (Wildman–Crippen MR) is 78.0 cm³/mol. The number of hydrogen-bond acceptors (Lipinski definition) is 2. The lowest BCUT2D eigenvalue weighted by molar-refractivity contribution is -0.695. The molecule has 0 saturated heterocycles. The monoisotopic (exact) mass is 285 g/mol. The molecular weight excluding hydrogens is 268 g/mol. The number of aromatic carboxylic acids is 1. The van der Waals surface area contributed by atoms with Crippen molar-refractivity contribution < 1.29 is 19.3 Å². The highest BCUT2D eigenvalue weighted by Crippen LogP contribution is 2.10. The molecule has 1 aromatic carbocycles. The van der Waals surface area contributed by atoms with Crippen LogP contribution >= 0.6 is 0 Å². The van der Waals surface area contributed by atoms with Gasteiger partial charge in [0.15, 0.2) is 18.9 Å². The highest BCUT2D eigenvalue weighted by molar-refractivity contribution is 5.93. The minimum Gasteiger partial charge on any atom is -0.478 e. The van der Waals surface area contributed by atoms with E-state index in [9.17, 15) is 9.59 Å². The zero-order valence-electron chi connectivity index (χ0n) is 11.7. The van der Waals surface area contributed by atoms with Crippen molar-refractivity contribution in [2.24, 2.45) is 0 Å². The molecule has 0 aliphatic carbocycles. The van der Waals surface area contributed by atoms with E-state index in [1.807, 2.05) is 36.0 Å². The van der Waals surface area contributed by atoms with Gasteiger partial charge in [0, 0.05) is 17.8 Å². The molecule has 0 saturated carbocycles. The SMILES string of the molecule is Cc1cc[n+](CCC(=O)Nc2cccc(C(=O)O)c2)cc1. The summed E-state index contributed by atoms with van der Waals surface area (Å²) in [6.07, 6.45) is 4.17. The van der Waals surface area contributed by atoms with Gasteiger partial charge in [-0.2, -0.15) is 0 Å². The number of aromatic nitrogens is 1. The number of carbonyl (C=O) groups is 2. The highest BCUT2D eigenvalue weighted by Gasteiger charge is 2.08. The molecule has 5 nitrogen and oxygen atoms in total. The quantitative estimate of drug-likeness (QED) is 0.826. The van der Waals surface area contributed by atoms with Crippen molar-refractivity contribution in [2.45, 2.75) is 19.9 Å². The standard InChI is InChI=1S/C16H16N2O3/c1-12-5-8-18(9-6-12)10-7-15(19)17-14-4-2-3-13(11-14)16(20)21/h2-6,8-9,11H,7,10H2,1H3,(H-,17,19,20,21)/p+1. The van der Waals surface area contributed by atoms with Gasteiger partial charge in [0.05, 0.1) is 12.0 Å². The van der Waals surface area contributed by atoms with Crippen molar-refractivity contribution in [1.29, 1.82) is 0 Å². The maximum absolute atomic E-state index is 11.9. The first-order chi connectivity index (χ1) is 10.0. The third-order valence-electron chi connectivity index (χ3n) is 3.05. The van der Waals surface area contributed by atoms with Gasteiger partial charge in [-0.25, -0.2) is 9.36 Å². The maximum atomic E-state index is 11.9. The van der Waals surface area contributed by atoms with Crippen LogP contribution in [0.3, 0.4) is 0 Å². The minimum atomic E-state index is -1.01. The lowest BCUT2D eigenvalue weighted by Crippen LogP contribution is -2.34. The highest BCUT2D eigenvalue weighted by atomic mass is 16.4. The van der Waals surface area contributed by atoms with E-state index in [4.69, 9.17) is 5.11 Å². The molecule has 1 amide bonds. The van der Waals surface area contributed by atoms with Crippen LogP contribution in [0.5, 0.6) is 0 Å². The van der Waals surface area contributed by atoms with Gasteiger partial charge in [-0.15, -0.1) is 0 Å². The van der Waals surface area contributed by atoms with Crippen LogP contribution in [0.25, 0.3) is 0 Å². The summed E-state index contributed by atoms with van der Waals surface area (Å²) in [5, 5.41) is 11.6. The van der Waals surface area contributed by atoms with Gasteiger partial charge in [0.2, 0.25) is 5.91 Å². The van der Waals surface area contributed by atoms with E-state index in [1.54, 1.807) is 12.1 Å². The van der Waals surface area contributed by atoms with Crippen LogP contribution in [0, 0.1) is 6.92 Å². The molecular formula is C16H17N2O3+. The number of pyridine rings is 1. The molecule has 108 valence electrons. The second-order valence-corrected chi connectivity index (χ2v) is 4.80. The number of nitrogens with one attached hydrogen (secondary N) is 1. The topological polar surface area (TPSA) is 70.3 Å². The van der Waals surface area contributed by atoms with Crippen molar-refractivity contribution in [3.05, 3.63) is 59.9 Å². The fraction of sp³-hybridized carbons (Fsp3) is 0.188. The molecule has 2 rings (SSSR count). The number of benzene rings is 1. The zero-order chi connectivity index (χ0) is 15.2. The first-order valence-electron chi connectivity index (χ1n) is 6.63. The largest absolute Gasteiger partial charge is 0.478 e. The van der Waals surface area contributed by atoms with Crippen LogP contribution in [-0.2, 0) is 11.3 Å². The molecule has 2 N–H and O–H groups in total. The van der Waals surface area contributed by atoms with Gasteiger partial charge < -0.3 is 10.4 Å². The van der Waals surface area contributed by atoms with Gasteiger partial charge in [-0.3, -0.25) is 4.79 Å². The van der Waals surface area contributed by atoms with Crippen LogP contribution in [0.4, 0.5) is 5.69 Å². The van der Waals surface area contributed by atoms with Gasteiger partial charge in [-0.05, 0) is 30.7 Å². The Balaban J connectivity index is 1.91. The van der Waals surface area contributed by atoms with E-state index in [1.165, 1.54) is 17.7 Å². The first kappa shape index (κ1) is 14.7. The van der Waals surface area contributed by atoms with Crippen molar-refractivity contribution in [2.75, 3.05) is 5.32 Å². The summed E-state index contributed by atoms with van der Waals surface area (Å²) in [5.74, 6) is -1.16. The molecule has 0 fully saturated rings. The predicted octanol–water partition coefficient (Wildman–Crippen LogP) is 2.01. The number of carboxylic acids is 1. The average molecular weight is 285 g/mol. The summed E-state index contributed by atoms with van der Waals surface area (Å²) >= 11 is 0. The fourth-order valence-corrected chi connectivity index (χ4v) is 1.87. The van der Waals surface area contributed by atoms with E-state index in [-0.39, 0.29) is 11.5 Å². The maximum Gasteiger partial charge on any atom is 0.335 e. The Kier molecular flexibility index (Phi) is 4.66. The smallest absolute Gasteiger partial charge is 0.335 e. The summed E-state index contributed by atoms with van der Waals surface area (Å²) in [6.45, 7) is 2.58. The number of hydrogen-bond donors (Lipinski definition) is 2. The van der Waals surface area contributed by atoms with Gasteiger partial charge in [0.25, 0.3) is 0 Å². The second-order valence-electron chi connectivity index (χ2n) is 4.80. The molecule has 2 aromatic rings. The van der Waals surface area contributed by atoms with Crippen molar-refractivity contribution in [3.8, 4) is 0 Å². The number of carboxylic acid groups (broad SMARTS) is 1. The fourth-order valence-electron chi connectivity index (χ4n) is 1.87. The van der Waals surface area contributed by atoms with Crippen LogP contribution in [-0.4, -0.2) is 17.0 Å². The van der Waals surface area contributed by atoms with Crippen molar-refractivity contribution >= 4 is 17.6 Å². The lowest BCUT2D eigenvalue weighted by Gasteiger charge is -2.05. The third-order valence-corrected chi connectivity index (χ3v) is 3.05. The Morgan fingerprint density at radius 1 is 1.19 bits per heavy atom. The van der Waals surface area contributed by atoms with Crippen LogP contribution in [0.2, 0.25) is 0 Å². The summed E-state index contributed by atoms with van der Waals surface area (Å²) in [6, 6.07) is 10.2. The van der Waals surface area contributed by atoms with Gasteiger partial charge in [0.1, 0.15) is 0 Å². The molecule has 0 atom stereocenters. The Morgan fingerprint density at radius 3 is 2.57 bits per heavy atom. The molecule has 0 aliphatic heterocycles. The summed E-state index contributed by atoms with van der Waals surface area (Å²) < 4.78 is 1.93. The van der Waals surface area contributed by atoms with E-state index >= 15 is 0 Å². The Labute approximate surface area is 122 Å². The molecule has 0 bridgehead atoms.